The summed E-state index contributed by atoms with van der Waals surface area (Å²) in [5.41, 5.74) is 0. The topological polar surface area (TPSA) is 45.0 Å². The average molecular weight is 250 g/mol. The summed E-state index contributed by atoms with van der Waals surface area (Å²) in [6.45, 7) is 4.14. The van der Waals surface area contributed by atoms with E-state index in [1.165, 1.54) is 32.1 Å². The molecule has 0 bridgehead atoms. The molecule has 4 atom stereocenters. The summed E-state index contributed by atoms with van der Waals surface area (Å²) in [5, 5.41) is 12.9. The number of rotatable bonds is 4. The summed E-state index contributed by atoms with van der Waals surface area (Å²) in [5.74, 6) is 0.868. The first-order valence-electron chi connectivity index (χ1n) is 7.59. The highest BCUT2D eigenvalue weighted by molar-refractivity contribution is 4.94. The van der Waals surface area contributed by atoms with Crippen LogP contribution in [0.5, 0.6) is 0 Å². The summed E-state index contributed by atoms with van der Waals surface area (Å²) in [6.07, 6.45) is 8.75. The van der Waals surface area contributed by atoms with Crippen LogP contribution in [0.3, 0.4) is 0 Å². The van der Waals surface area contributed by atoms with Crippen molar-refractivity contribution in [2.45, 2.75) is 64.0 Å². The van der Waals surface area contributed by atoms with Gasteiger partial charge in [-0.2, -0.15) is 5.26 Å². The van der Waals surface area contributed by atoms with Gasteiger partial charge in [0.2, 0.25) is 0 Å². The Morgan fingerprint density at radius 1 is 1.22 bits per heavy atom. The van der Waals surface area contributed by atoms with Gasteiger partial charge in [0, 0.05) is 19.2 Å². The lowest BCUT2D eigenvalue weighted by Gasteiger charge is -2.24. The predicted octanol–water partition coefficient (Wildman–Crippen LogP) is 2.86. The number of nitrogens with zero attached hydrogens (tertiary/aromatic N) is 1. The smallest absolute Gasteiger partial charge is 0.0672 e. The van der Waals surface area contributed by atoms with Crippen molar-refractivity contribution in [3.8, 4) is 6.07 Å². The molecule has 1 heterocycles. The largest absolute Gasteiger partial charge is 0.378 e. The quantitative estimate of drug-likeness (QED) is 0.780. The zero-order chi connectivity index (χ0) is 12.8. The molecule has 0 aromatic carbocycles. The number of ether oxygens (including phenoxy) is 1. The molecule has 0 aromatic rings. The molecule has 3 nitrogen and oxygen atoms in total. The number of nitriles is 1. The van der Waals surface area contributed by atoms with Crippen LogP contribution in [0.15, 0.2) is 0 Å². The molecule has 102 valence electrons. The zero-order valence-corrected chi connectivity index (χ0v) is 11.5. The van der Waals surface area contributed by atoms with Crippen molar-refractivity contribution < 1.29 is 4.74 Å². The predicted molar refractivity (Wildman–Crippen MR) is 72.1 cm³/mol. The molecular formula is C15H26N2O. The van der Waals surface area contributed by atoms with E-state index in [1.54, 1.807) is 0 Å². The first-order chi connectivity index (χ1) is 8.85. The number of nitrogens with one attached hydrogen (secondary N) is 1. The normalized spacial score (nSPS) is 37.1. The molecule has 18 heavy (non-hydrogen) atoms. The fourth-order valence-electron chi connectivity index (χ4n) is 3.39. The summed E-state index contributed by atoms with van der Waals surface area (Å²) in [4.78, 5) is 0. The minimum atomic E-state index is 0.217. The molecule has 1 saturated heterocycles. The Bertz CT molecular complexity index is 287. The van der Waals surface area contributed by atoms with E-state index in [2.05, 4.69) is 18.3 Å². The summed E-state index contributed by atoms with van der Waals surface area (Å²) < 4.78 is 5.73. The van der Waals surface area contributed by atoms with E-state index in [0.29, 0.717) is 18.1 Å². The van der Waals surface area contributed by atoms with E-state index in [0.717, 1.165) is 26.0 Å². The molecule has 0 aromatic heterocycles. The lowest BCUT2D eigenvalue weighted by atomic mass is 9.94. The van der Waals surface area contributed by atoms with Gasteiger partial charge in [-0.3, -0.25) is 0 Å². The van der Waals surface area contributed by atoms with E-state index in [-0.39, 0.29) is 5.92 Å². The van der Waals surface area contributed by atoms with Crippen LogP contribution < -0.4 is 5.32 Å². The molecular weight excluding hydrogens is 224 g/mol. The van der Waals surface area contributed by atoms with Crippen molar-refractivity contribution >= 4 is 0 Å². The van der Waals surface area contributed by atoms with Crippen LogP contribution in [-0.2, 0) is 4.74 Å². The van der Waals surface area contributed by atoms with Gasteiger partial charge < -0.3 is 10.1 Å². The van der Waals surface area contributed by atoms with Gasteiger partial charge >= 0.3 is 0 Å². The maximum absolute atomic E-state index is 9.26. The van der Waals surface area contributed by atoms with Crippen molar-refractivity contribution in [2.75, 3.05) is 13.2 Å². The average Bonchev–Trinajstić information content (AvgIpc) is 2.73. The van der Waals surface area contributed by atoms with Crippen LogP contribution >= 0.6 is 0 Å². The summed E-state index contributed by atoms with van der Waals surface area (Å²) >= 11 is 0. The first kappa shape index (κ1) is 13.8. The van der Waals surface area contributed by atoms with E-state index in [9.17, 15) is 5.26 Å². The highest BCUT2D eigenvalue weighted by Gasteiger charge is 2.29. The van der Waals surface area contributed by atoms with Crippen LogP contribution in [0, 0.1) is 23.2 Å². The van der Waals surface area contributed by atoms with Gasteiger partial charge in [-0.05, 0) is 31.6 Å². The molecule has 2 aliphatic rings. The maximum Gasteiger partial charge on any atom is 0.0672 e. The van der Waals surface area contributed by atoms with E-state index in [4.69, 9.17) is 4.74 Å². The Labute approximate surface area is 111 Å². The highest BCUT2D eigenvalue weighted by atomic mass is 16.5. The number of hydrogen-bond acceptors (Lipinski definition) is 3. The van der Waals surface area contributed by atoms with Gasteiger partial charge in [0.15, 0.2) is 0 Å². The lowest BCUT2D eigenvalue weighted by Crippen LogP contribution is -2.39. The number of hydrogen-bond donors (Lipinski definition) is 1. The molecule has 1 aliphatic heterocycles. The Kier molecular flexibility index (Phi) is 5.46. The third-order valence-electron chi connectivity index (χ3n) is 4.57. The van der Waals surface area contributed by atoms with Crippen molar-refractivity contribution in [3.63, 3.8) is 0 Å². The fraction of sp³-hybridized carbons (Fsp3) is 0.933. The molecule has 2 fully saturated rings. The lowest BCUT2D eigenvalue weighted by molar-refractivity contribution is 0.0861. The van der Waals surface area contributed by atoms with Gasteiger partial charge in [-0.1, -0.05) is 26.2 Å². The molecule has 4 unspecified atom stereocenters. The standard InChI is InChI=1S/C15H26N2O/c1-2-15-13(8-9-18-15)11-17-14-7-5-3-4-6-12(14)10-16/h12-15,17H,2-9,11H2,1H3. The van der Waals surface area contributed by atoms with Crippen LogP contribution in [0.1, 0.15) is 51.9 Å². The fourth-order valence-corrected chi connectivity index (χ4v) is 3.39. The van der Waals surface area contributed by atoms with Gasteiger partial charge in [0.1, 0.15) is 0 Å². The molecule has 2 rings (SSSR count). The molecule has 1 saturated carbocycles. The van der Waals surface area contributed by atoms with Crippen molar-refractivity contribution in [1.29, 1.82) is 5.26 Å². The molecule has 1 N–H and O–H groups in total. The van der Waals surface area contributed by atoms with Crippen molar-refractivity contribution in [1.82, 2.24) is 5.32 Å². The molecule has 0 radical (unpaired) electrons. The minimum absolute atomic E-state index is 0.217. The Morgan fingerprint density at radius 2 is 2.06 bits per heavy atom. The minimum Gasteiger partial charge on any atom is -0.378 e. The summed E-state index contributed by atoms with van der Waals surface area (Å²) in [6, 6.07) is 2.91. The van der Waals surface area contributed by atoms with Gasteiger partial charge in [-0.25, -0.2) is 0 Å². The second-order valence-electron chi connectivity index (χ2n) is 5.75. The van der Waals surface area contributed by atoms with Crippen molar-refractivity contribution in [3.05, 3.63) is 0 Å². The van der Waals surface area contributed by atoms with Gasteiger partial charge in [0.05, 0.1) is 18.1 Å². The van der Waals surface area contributed by atoms with Crippen LogP contribution in [-0.4, -0.2) is 25.3 Å². The third kappa shape index (κ3) is 3.46. The first-order valence-corrected chi connectivity index (χ1v) is 7.59. The van der Waals surface area contributed by atoms with Crippen LogP contribution in [0.2, 0.25) is 0 Å². The van der Waals surface area contributed by atoms with Gasteiger partial charge in [0.25, 0.3) is 0 Å². The Balaban J connectivity index is 1.82. The van der Waals surface area contributed by atoms with E-state index < -0.39 is 0 Å². The highest BCUT2D eigenvalue weighted by Crippen LogP contribution is 2.26. The molecule has 3 heteroatoms. The molecule has 0 amide bonds. The molecule has 0 spiro atoms. The van der Waals surface area contributed by atoms with E-state index >= 15 is 0 Å². The van der Waals surface area contributed by atoms with Gasteiger partial charge in [-0.15, -0.1) is 0 Å². The monoisotopic (exact) mass is 250 g/mol. The zero-order valence-electron chi connectivity index (χ0n) is 11.5. The second-order valence-corrected chi connectivity index (χ2v) is 5.75. The SMILES string of the molecule is CCC1OCCC1CNC1CCCCCC1C#N. The van der Waals surface area contributed by atoms with Crippen molar-refractivity contribution in [2.24, 2.45) is 11.8 Å². The summed E-state index contributed by atoms with van der Waals surface area (Å²) in [7, 11) is 0. The van der Waals surface area contributed by atoms with Crippen LogP contribution in [0.25, 0.3) is 0 Å². The third-order valence-corrected chi connectivity index (χ3v) is 4.57. The Morgan fingerprint density at radius 3 is 2.83 bits per heavy atom. The maximum atomic E-state index is 9.26. The Hall–Kier alpha value is -0.590. The van der Waals surface area contributed by atoms with Crippen LogP contribution in [0.4, 0.5) is 0 Å². The van der Waals surface area contributed by atoms with E-state index in [1.807, 2.05) is 0 Å². The second kappa shape index (κ2) is 7.11. The molecule has 1 aliphatic carbocycles.